The molecule has 1 amide bonds. The maximum absolute atomic E-state index is 11.9. The second-order valence-corrected chi connectivity index (χ2v) is 4.49. The molecule has 1 N–H and O–H groups in total. The molecule has 0 unspecified atom stereocenters. The first kappa shape index (κ1) is 15.5. The van der Waals surface area contributed by atoms with Gasteiger partial charge in [-0.25, -0.2) is 0 Å². The Morgan fingerprint density at radius 3 is 2.89 bits per heavy atom. The highest BCUT2D eigenvalue weighted by Crippen LogP contribution is 2.21. The third-order valence-electron chi connectivity index (χ3n) is 2.56. The van der Waals surface area contributed by atoms with E-state index in [1.54, 1.807) is 24.3 Å². The highest BCUT2D eigenvalue weighted by atomic mass is 35.5. The summed E-state index contributed by atoms with van der Waals surface area (Å²) in [6, 6.07) is 5.22. The van der Waals surface area contributed by atoms with E-state index in [1.165, 1.54) is 4.90 Å². The van der Waals surface area contributed by atoms with Crippen molar-refractivity contribution in [3.63, 3.8) is 0 Å². The maximum atomic E-state index is 11.9. The summed E-state index contributed by atoms with van der Waals surface area (Å²) in [5.41, 5.74) is 0.873. The van der Waals surface area contributed by atoms with Crippen molar-refractivity contribution in [3.8, 4) is 5.75 Å². The van der Waals surface area contributed by atoms with Crippen LogP contribution in [0.4, 0.5) is 0 Å². The molecular formula is C14H18ClNO3. The van der Waals surface area contributed by atoms with Gasteiger partial charge in [-0.1, -0.05) is 17.7 Å². The normalized spacial score (nSPS) is 10.1. The number of aryl methyl sites for hydroxylation is 1. The third kappa shape index (κ3) is 4.93. The SMILES string of the molecule is C=CCN(CCO)C(=O)COc1ccc(Cl)cc1C. The van der Waals surface area contributed by atoms with Crippen molar-refractivity contribution in [1.82, 2.24) is 4.90 Å². The topological polar surface area (TPSA) is 49.8 Å². The lowest BCUT2D eigenvalue weighted by molar-refractivity contribution is -0.133. The van der Waals surface area contributed by atoms with Crippen molar-refractivity contribution in [2.24, 2.45) is 0 Å². The van der Waals surface area contributed by atoms with Crippen LogP contribution < -0.4 is 4.74 Å². The van der Waals surface area contributed by atoms with Gasteiger partial charge in [0.1, 0.15) is 5.75 Å². The maximum Gasteiger partial charge on any atom is 0.260 e. The molecule has 4 nitrogen and oxygen atoms in total. The average molecular weight is 284 g/mol. The number of hydrogen-bond donors (Lipinski definition) is 1. The lowest BCUT2D eigenvalue weighted by Crippen LogP contribution is -2.37. The minimum Gasteiger partial charge on any atom is -0.483 e. The zero-order valence-electron chi connectivity index (χ0n) is 10.9. The van der Waals surface area contributed by atoms with Crippen LogP contribution in [0.2, 0.25) is 5.02 Å². The van der Waals surface area contributed by atoms with E-state index in [0.29, 0.717) is 17.3 Å². The Kier molecular flexibility index (Phi) is 6.39. The molecule has 1 aromatic rings. The van der Waals surface area contributed by atoms with E-state index in [-0.39, 0.29) is 25.7 Å². The van der Waals surface area contributed by atoms with Gasteiger partial charge in [0.2, 0.25) is 0 Å². The number of rotatable bonds is 7. The number of carbonyl (C=O) groups is 1. The summed E-state index contributed by atoms with van der Waals surface area (Å²) in [5, 5.41) is 9.52. The van der Waals surface area contributed by atoms with Gasteiger partial charge in [-0.05, 0) is 30.7 Å². The molecule has 1 rings (SSSR count). The quantitative estimate of drug-likeness (QED) is 0.779. The second-order valence-electron chi connectivity index (χ2n) is 4.05. The van der Waals surface area contributed by atoms with Gasteiger partial charge in [0, 0.05) is 18.1 Å². The van der Waals surface area contributed by atoms with E-state index in [4.69, 9.17) is 21.4 Å². The number of ether oxygens (including phenoxy) is 1. The first-order valence-electron chi connectivity index (χ1n) is 5.97. The van der Waals surface area contributed by atoms with Crippen molar-refractivity contribution < 1.29 is 14.6 Å². The fourth-order valence-electron chi connectivity index (χ4n) is 1.60. The van der Waals surface area contributed by atoms with Crippen molar-refractivity contribution in [3.05, 3.63) is 41.4 Å². The summed E-state index contributed by atoms with van der Waals surface area (Å²) in [4.78, 5) is 13.4. The van der Waals surface area contributed by atoms with E-state index < -0.39 is 0 Å². The average Bonchev–Trinajstić information content (AvgIpc) is 2.37. The van der Waals surface area contributed by atoms with Crippen molar-refractivity contribution in [2.45, 2.75) is 6.92 Å². The molecule has 0 bridgehead atoms. The number of carbonyl (C=O) groups excluding carboxylic acids is 1. The predicted octanol–water partition coefficient (Wildman–Crippen LogP) is 2.03. The molecule has 0 fully saturated rings. The van der Waals surface area contributed by atoms with Crippen LogP contribution in [0.1, 0.15) is 5.56 Å². The van der Waals surface area contributed by atoms with Crippen LogP contribution in [-0.4, -0.2) is 42.2 Å². The summed E-state index contributed by atoms with van der Waals surface area (Å²) in [6.45, 7) is 5.94. The minimum atomic E-state index is -0.191. The molecule has 0 aliphatic carbocycles. The smallest absolute Gasteiger partial charge is 0.260 e. The fourth-order valence-corrected chi connectivity index (χ4v) is 1.83. The number of aliphatic hydroxyl groups excluding tert-OH is 1. The largest absolute Gasteiger partial charge is 0.483 e. The molecule has 0 atom stereocenters. The van der Waals surface area contributed by atoms with E-state index in [1.807, 2.05) is 6.92 Å². The molecule has 5 heteroatoms. The molecule has 0 saturated carbocycles. The van der Waals surface area contributed by atoms with E-state index in [0.717, 1.165) is 5.56 Å². The van der Waals surface area contributed by atoms with Crippen LogP contribution in [0.25, 0.3) is 0 Å². The molecule has 0 aliphatic rings. The monoisotopic (exact) mass is 283 g/mol. The summed E-state index contributed by atoms with van der Waals surface area (Å²) in [5.74, 6) is 0.434. The molecule has 0 saturated heterocycles. The van der Waals surface area contributed by atoms with Crippen LogP contribution >= 0.6 is 11.6 Å². The van der Waals surface area contributed by atoms with Crippen molar-refractivity contribution >= 4 is 17.5 Å². The molecule has 19 heavy (non-hydrogen) atoms. The summed E-state index contributed by atoms with van der Waals surface area (Å²) in [7, 11) is 0. The van der Waals surface area contributed by atoms with E-state index in [9.17, 15) is 4.79 Å². The highest BCUT2D eigenvalue weighted by Gasteiger charge is 2.12. The molecule has 0 aromatic heterocycles. The number of aliphatic hydroxyl groups is 1. The molecule has 0 radical (unpaired) electrons. The second kappa shape index (κ2) is 7.81. The summed E-state index contributed by atoms with van der Waals surface area (Å²) >= 11 is 5.84. The van der Waals surface area contributed by atoms with Crippen LogP contribution in [0.5, 0.6) is 5.75 Å². The first-order chi connectivity index (χ1) is 9.08. The van der Waals surface area contributed by atoms with Crippen LogP contribution in [0.15, 0.2) is 30.9 Å². The van der Waals surface area contributed by atoms with Gasteiger partial charge < -0.3 is 14.7 Å². The lowest BCUT2D eigenvalue weighted by Gasteiger charge is -2.20. The number of benzene rings is 1. The zero-order chi connectivity index (χ0) is 14.3. The Bertz CT molecular complexity index is 448. The molecule has 104 valence electrons. The number of hydrogen-bond acceptors (Lipinski definition) is 3. The zero-order valence-corrected chi connectivity index (χ0v) is 11.7. The minimum absolute atomic E-state index is 0.0731. The van der Waals surface area contributed by atoms with Gasteiger partial charge in [0.25, 0.3) is 5.91 Å². The standard InChI is InChI=1S/C14H18ClNO3/c1-3-6-16(7-8-17)14(18)10-19-13-5-4-12(15)9-11(13)2/h3-5,9,17H,1,6-8,10H2,2H3. The van der Waals surface area contributed by atoms with Crippen LogP contribution in [0.3, 0.4) is 0 Å². The van der Waals surface area contributed by atoms with Gasteiger partial charge in [0.05, 0.1) is 6.61 Å². The highest BCUT2D eigenvalue weighted by molar-refractivity contribution is 6.30. The Balaban J connectivity index is 2.59. The predicted molar refractivity (Wildman–Crippen MR) is 75.5 cm³/mol. The Morgan fingerprint density at radius 2 is 2.32 bits per heavy atom. The third-order valence-corrected chi connectivity index (χ3v) is 2.80. The number of nitrogens with zero attached hydrogens (tertiary/aromatic N) is 1. The number of halogens is 1. The Labute approximate surface area is 118 Å². The fraction of sp³-hybridized carbons (Fsp3) is 0.357. The van der Waals surface area contributed by atoms with Crippen LogP contribution in [0, 0.1) is 6.92 Å². The molecule has 0 spiro atoms. The Hall–Kier alpha value is -1.52. The number of amides is 1. The molecule has 1 aromatic carbocycles. The Morgan fingerprint density at radius 1 is 1.58 bits per heavy atom. The van der Waals surface area contributed by atoms with Crippen molar-refractivity contribution in [1.29, 1.82) is 0 Å². The van der Waals surface area contributed by atoms with Gasteiger partial charge >= 0.3 is 0 Å². The van der Waals surface area contributed by atoms with Gasteiger partial charge in [-0.3, -0.25) is 4.79 Å². The van der Waals surface area contributed by atoms with Crippen LogP contribution in [-0.2, 0) is 4.79 Å². The van der Waals surface area contributed by atoms with E-state index >= 15 is 0 Å². The first-order valence-corrected chi connectivity index (χ1v) is 6.34. The summed E-state index contributed by atoms with van der Waals surface area (Å²) < 4.78 is 5.46. The van der Waals surface area contributed by atoms with Crippen molar-refractivity contribution in [2.75, 3.05) is 26.3 Å². The van der Waals surface area contributed by atoms with Gasteiger partial charge in [-0.15, -0.1) is 6.58 Å². The summed E-state index contributed by atoms with van der Waals surface area (Å²) in [6.07, 6.45) is 1.61. The molecule has 0 heterocycles. The van der Waals surface area contributed by atoms with Gasteiger partial charge in [-0.2, -0.15) is 0 Å². The van der Waals surface area contributed by atoms with E-state index in [2.05, 4.69) is 6.58 Å². The molecule has 0 aliphatic heterocycles. The van der Waals surface area contributed by atoms with Gasteiger partial charge in [0.15, 0.2) is 6.61 Å². The lowest BCUT2D eigenvalue weighted by atomic mass is 10.2. The molecular weight excluding hydrogens is 266 g/mol.